The maximum absolute atomic E-state index is 11.3. The maximum atomic E-state index is 11.3. The first-order valence-electron chi connectivity index (χ1n) is 4.33. The number of fused-ring (bicyclic) bond motifs is 1. The van der Waals surface area contributed by atoms with E-state index in [2.05, 4.69) is 19.9 Å². The zero-order chi connectivity index (χ0) is 11.1. The molecule has 0 spiro atoms. The molecular weight excluding hydrogens is 216 g/mol. The summed E-state index contributed by atoms with van der Waals surface area (Å²) in [5.41, 5.74) is 1.12. The number of rotatable bonds is 2. The van der Waals surface area contributed by atoms with Gasteiger partial charge in [-0.3, -0.25) is 0 Å². The van der Waals surface area contributed by atoms with Crippen molar-refractivity contribution < 1.29 is 8.42 Å². The number of aromatic amines is 1. The Kier molecular flexibility index (Phi) is 2.18. The van der Waals surface area contributed by atoms with Crippen molar-refractivity contribution in [1.82, 2.24) is 19.9 Å². The van der Waals surface area contributed by atoms with Gasteiger partial charge in [0.25, 0.3) is 0 Å². The van der Waals surface area contributed by atoms with Gasteiger partial charge in [-0.1, -0.05) is 0 Å². The molecule has 15 heavy (non-hydrogen) atoms. The zero-order valence-electron chi connectivity index (χ0n) is 8.30. The molecule has 6 nitrogen and oxygen atoms in total. The molecule has 0 aromatic carbocycles. The van der Waals surface area contributed by atoms with E-state index in [1.165, 1.54) is 12.6 Å². The van der Waals surface area contributed by atoms with E-state index in [0.717, 1.165) is 0 Å². The highest BCUT2D eigenvalue weighted by molar-refractivity contribution is 7.90. The van der Waals surface area contributed by atoms with Crippen molar-refractivity contribution in [1.29, 1.82) is 0 Å². The molecular formula is C8H10N4O2S. The third-order valence-corrected chi connectivity index (χ3v) is 3.72. The molecule has 1 atom stereocenters. The van der Waals surface area contributed by atoms with Crippen LogP contribution in [0.2, 0.25) is 0 Å². The molecule has 7 heteroatoms. The fourth-order valence-electron chi connectivity index (χ4n) is 1.18. The zero-order valence-corrected chi connectivity index (χ0v) is 9.11. The highest BCUT2D eigenvalue weighted by Crippen LogP contribution is 2.19. The standard InChI is InChI=1S/C8H10N4O2S/c1-5(15(2,13)14)7-11-6-3-9-4-10-8(6)12-7/h3-5H,1-2H3,(H,9,10,11,12). The van der Waals surface area contributed by atoms with Crippen molar-refractivity contribution >= 4 is 21.0 Å². The van der Waals surface area contributed by atoms with Crippen molar-refractivity contribution in [3.05, 3.63) is 18.3 Å². The Labute approximate surface area is 86.7 Å². The minimum Gasteiger partial charge on any atom is -0.338 e. The lowest BCUT2D eigenvalue weighted by Crippen LogP contribution is -2.09. The van der Waals surface area contributed by atoms with Crippen LogP contribution in [0.1, 0.15) is 18.0 Å². The molecule has 1 unspecified atom stereocenters. The van der Waals surface area contributed by atoms with E-state index >= 15 is 0 Å². The van der Waals surface area contributed by atoms with Crippen LogP contribution in [0.5, 0.6) is 0 Å². The second-order valence-corrected chi connectivity index (χ2v) is 5.72. The van der Waals surface area contributed by atoms with E-state index in [9.17, 15) is 8.42 Å². The summed E-state index contributed by atoms with van der Waals surface area (Å²) in [7, 11) is -3.15. The minimum atomic E-state index is -3.15. The lowest BCUT2D eigenvalue weighted by molar-refractivity contribution is 0.590. The van der Waals surface area contributed by atoms with Crippen LogP contribution in [-0.2, 0) is 9.84 Å². The number of aromatic nitrogens is 4. The lowest BCUT2D eigenvalue weighted by Gasteiger charge is -2.03. The van der Waals surface area contributed by atoms with Gasteiger partial charge in [0.15, 0.2) is 15.5 Å². The maximum Gasteiger partial charge on any atom is 0.180 e. The normalized spacial score (nSPS) is 14.3. The molecule has 0 radical (unpaired) electrons. The molecule has 2 rings (SSSR count). The lowest BCUT2D eigenvalue weighted by atomic mass is 10.5. The van der Waals surface area contributed by atoms with Gasteiger partial charge in [0.2, 0.25) is 0 Å². The molecule has 0 fully saturated rings. The number of imidazole rings is 1. The Hall–Kier alpha value is -1.50. The topological polar surface area (TPSA) is 88.6 Å². The molecule has 0 aliphatic rings. The first kappa shape index (κ1) is 10.0. The fraction of sp³-hybridized carbons (Fsp3) is 0.375. The summed E-state index contributed by atoms with van der Waals surface area (Å²) in [5, 5.41) is -0.660. The first-order chi connectivity index (χ1) is 6.98. The second kappa shape index (κ2) is 3.27. The monoisotopic (exact) mass is 226 g/mol. The second-order valence-electron chi connectivity index (χ2n) is 3.35. The summed E-state index contributed by atoms with van der Waals surface area (Å²) in [5.74, 6) is 0.396. The van der Waals surface area contributed by atoms with Gasteiger partial charge in [-0.15, -0.1) is 0 Å². The molecule has 1 N–H and O–H groups in total. The van der Waals surface area contributed by atoms with Crippen LogP contribution < -0.4 is 0 Å². The van der Waals surface area contributed by atoms with Crippen molar-refractivity contribution in [2.75, 3.05) is 6.26 Å². The molecule has 0 bridgehead atoms. The van der Waals surface area contributed by atoms with E-state index in [0.29, 0.717) is 17.0 Å². The quantitative estimate of drug-likeness (QED) is 0.803. The molecule has 80 valence electrons. The average molecular weight is 226 g/mol. The Morgan fingerprint density at radius 3 is 2.80 bits per heavy atom. The van der Waals surface area contributed by atoms with Crippen LogP contribution in [0.4, 0.5) is 0 Å². The summed E-state index contributed by atoms with van der Waals surface area (Å²) >= 11 is 0. The number of nitrogens with zero attached hydrogens (tertiary/aromatic N) is 3. The molecule has 0 amide bonds. The number of H-pyrrole nitrogens is 1. The first-order valence-corrected chi connectivity index (χ1v) is 6.28. The molecule has 0 aliphatic carbocycles. The van der Waals surface area contributed by atoms with Crippen molar-refractivity contribution in [3.8, 4) is 0 Å². The molecule has 0 saturated heterocycles. The van der Waals surface area contributed by atoms with Crippen LogP contribution >= 0.6 is 0 Å². The number of sulfone groups is 1. The van der Waals surface area contributed by atoms with Crippen molar-refractivity contribution in [3.63, 3.8) is 0 Å². The van der Waals surface area contributed by atoms with E-state index < -0.39 is 15.1 Å². The van der Waals surface area contributed by atoms with Gasteiger partial charge in [0.1, 0.15) is 22.9 Å². The van der Waals surface area contributed by atoms with E-state index in [1.807, 2.05) is 0 Å². The van der Waals surface area contributed by atoms with Crippen molar-refractivity contribution in [2.24, 2.45) is 0 Å². The largest absolute Gasteiger partial charge is 0.338 e. The molecule has 2 aromatic rings. The summed E-state index contributed by atoms with van der Waals surface area (Å²) in [4.78, 5) is 14.7. The van der Waals surface area contributed by atoms with E-state index in [1.54, 1.807) is 13.1 Å². The van der Waals surface area contributed by atoms with Gasteiger partial charge in [-0.05, 0) is 6.92 Å². The van der Waals surface area contributed by atoms with Crippen LogP contribution in [0, 0.1) is 0 Å². The average Bonchev–Trinajstić information content (AvgIpc) is 2.58. The predicted molar refractivity (Wildman–Crippen MR) is 54.9 cm³/mol. The molecule has 0 saturated carbocycles. The molecule has 2 aromatic heterocycles. The van der Waals surface area contributed by atoms with Crippen LogP contribution in [0.25, 0.3) is 11.2 Å². The van der Waals surface area contributed by atoms with E-state index in [4.69, 9.17) is 0 Å². The van der Waals surface area contributed by atoms with Gasteiger partial charge in [0.05, 0.1) is 6.20 Å². The third-order valence-electron chi connectivity index (χ3n) is 2.21. The minimum absolute atomic E-state index is 0.396. The highest BCUT2D eigenvalue weighted by Gasteiger charge is 2.20. The van der Waals surface area contributed by atoms with Gasteiger partial charge in [-0.25, -0.2) is 23.4 Å². The molecule has 2 heterocycles. The Bertz CT molecular complexity index is 556. The number of nitrogens with one attached hydrogen (secondary N) is 1. The van der Waals surface area contributed by atoms with Crippen LogP contribution in [0.15, 0.2) is 12.5 Å². The van der Waals surface area contributed by atoms with Gasteiger partial charge in [-0.2, -0.15) is 0 Å². The number of hydrogen-bond donors (Lipinski definition) is 1. The van der Waals surface area contributed by atoms with Gasteiger partial charge < -0.3 is 4.98 Å². The van der Waals surface area contributed by atoms with Crippen molar-refractivity contribution in [2.45, 2.75) is 12.2 Å². The Morgan fingerprint density at radius 1 is 1.47 bits per heavy atom. The Balaban J connectivity index is 2.54. The smallest absolute Gasteiger partial charge is 0.180 e. The van der Waals surface area contributed by atoms with E-state index in [-0.39, 0.29) is 0 Å². The number of hydrogen-bond acceptors (Lipinski definition) is 5. The fourth-order valence-corrected chi connectivity index (χ4v) is 1.69. The highest BCUT2D eigenvalue weighted by atomic mass is 32.2. The third kappa shape index (κ3) is 1.82. The van der Waals surface area contributed by atoms with Crippen LogP contribution in [-0.4, -0.2) is 34.6 Å². The summed E-state index contributed by atoms with van der Waals surface area (Å²) in [6.07, 6.45) is 4.11. The van der Waals surface area contributed by atoms with Crippen LogP contribution in [0.3, 0.4) is 0 Å². The Morgan fingerprint density at radius 2 is 2.20 bits per heavy atom. The summed E-state index contributed by atoms with van der Waals surface area (Å²) < 4.78 is 22.6. The SMILES string of the molecule is CC(c1nc2ncncc2[nH]1)S(C)(=O)=O. The summed E-state index contributed by atoms with van der Waals surface area (Å²) in [6.45, 7) is 1.58. The van der Waals surface area contributed by atoms with Gasteiger partial charge in [0, 0.05) is 6.26 Å². The summed E-state index contributed by atoms with van der Waals surface area (Å²) in [6, 6.07) is 0. The molecule has 0 aliphatic heterocycles. The van der Waals surface area contributed by atoms with Gasteiger partial charge >= 0.3 is 0 Å². The predicted octanol–water partition coefficient (Wildman–Crippen LogP) is 0.458.